The van der Waals surface area contributed by atoms with Crippen molar-refractivity contribution in [3.05, 3.63) is 52.8 Å². The maximum Gasteiger partial charge on any atom is 0.329 e. The average molecular weight is 455 g/mol. The van der Waals surface area contributed by atoms with Crippen LogP contribution in [0.15, 0.2) is 15.7 Å². The predicted molar refractivity (Wildman–Crippen MR) is 107 cm³/mol. The number of nitrogens with zero attached hydrogens (tertiary/aromatic N) is 1. The van der Waals surface area contributed by atoms with E-state index in [1.165, 1.54) is 17.7 Å². The van der Waals surface area contributed by atoms with Crippen LogP contribution < -0.4 is 27.6 Å². The fourth-order valence-corrected chi connectivity index (χ4v) is 5.84. The predicted octanol–water partition coefficient (Wildman–Crippen LogP) is 0.505. The number of ether oxygens (including phenoxy) is 1. The van der Waals surface area contributed by atoms with Gasteiger partial charge in [-0.1, -0.05) is 0 Å². The Labute approximate surface area is 177 Å². The molecule has 0 spiro atoms. The summed E-state index contributed by atoms with van der Waals surface area (Å²) in [7, 11) is 1.31. The van der Waals surface area contributed by atoms with Crippen molar-refractivity contribution < 1.29 is 23.0 Å². The summed E-state index contributed by atoms with van der Waals surface area (Å²) in [4.78, 5) is 28.1. The highest BCUT2D eigenvalue weighted by Crippen LogP contribution is 2.48. The third-order valence-electron chi connectivity index (χ3n) is 6.22. The van der Waals surface area contributed by atoms with Gasteiger partial charge in [-0.2, -0.15) is 0 Å². The number of aromatic amines is 1. The molecule has 0 aromatic carbocycles. The van der Waals surface area contributed by atoms with Crippen molar-refractivity contribution in [1.29, 1.82) is 0 Å². The molecule has 0 radical (unpaired) electrons. The van der Waals surface area contributed by atoms with Gasteiger partial charge in [0.15, 0.2) is 6.17 Å². The SMILES string of the molecule is COC1=c2c(c(=O)[nH]c(=O)n2C2CC2)=C(N)C(F)C1c1cc2c(s1)CCC(F)(F)C2O. The Balaban J connectivity index is 1.79. The van der Waals surface area contributed by atoms with Crippen molar-refractivity contribution in [3.63, 3.8) is 0 Å². The van der Waals surface area contributed by atoms with E-state index >= 15 is 4.39 Å². The van der Waals surface area contributed by atoms with Crippen molar-refractivity contribution in [2.45, 2.75) is 55.8 Å². The Morgan fingerprint density at radius 3 is 2.71 bits per heavy atom. The van der Waals surface area contributed by atoms with Gasteiger partial charge in [0, 0.05) is 27.8 Å². The van der Waals surface area contributed by atoms with Gasteiger partial charge in [-0.3, -0.25) is 14.3 Å². The molecule has 7 nitrogen and oxygen atoms in total. The lowest BCUT2D eigenvalue weighted by atomic mass is 9.88. The summed E-state index contributed by atoms with van der Waals surface area (Å²) in [6.07, 6.45) is -2.86. The van der Waals surface area contributed by atoms with Gasteiger partial charge in [0.2, 0.25) is 0 Å². The van der Waals surface area contributed by atoms with Crippen LogP contribution in [0.25, 0.3) is 11.5 Å². The van der Waals surface area contributed by atoms with E-state index in [0.29, 0.717) is 22.6 Å². The van der Waals surface area contributed by atoms with Crippen LogP contribution in [0.3, 0.4) is 0 Å². The molecule has 2 heterocycles. The van der Waals surface area contributed by atoms with E-state index in [1.807, 2.05) is 0 Å². The molecule has 0 aliphatic heterocycles. The fraction of sp³-hybridized carbons (Fsp3) is 0.500. The normalized spacial score (nSPS) is 27.1. The molecule has 1 fully saturated rings. The highest BCUT2D eigenvalue weighted by atomic mass is 32.1. The molecular formula is C20H20F3N3O4S. The van der Waals surface area contributed by atoms with Gasteiger partial charge in [-0.15, -0.1) is 11.3 Å². The first-order valence-electron chi connectivity index (χ1n) is 9.91. The van der Waals surface area contributed by atoms with Crippen LogP contribution in [0.4, 0.5) is 13.2 Å². The van der Waals surface area contributed by atoms with Gasteiger partial charge in [-0.25, -0.2) is 18.0 Å². The highest BCUT2D eigenvalue weighted by Gasteiger charge is 2.46. The zero-order valence-corrected chi connectivity index (χ0v) is 17.3. The Morgan fingerprint density at radius 1 is 1.35 bits per heavy atom. The Hall–Kier alpha value is -2.53. The van der Waals surface area contributed by atoms with Crippen molar-refractivity contribution in [1.82, 2.24) is 9.55 Å². The second-order valence-corrected chi connectivity index (χ2v) is 9.35. The summed E-state index contributed by atoms with van der Waals surface area (Å²) in [5.74, 6) is -4.34. The maximum absolute atomic E-state index is 15.6. The lowest BCUT2D eigenvalue weighted by Crippen LogP contribution is -2.60. The lowest BCUT2D eigenvalue weighted by molar-refractivity contribution is -0.121. The fourth-order valence-electron chi connectivity index (χ4n) is 4.52. The van der Waals surface area contributed by atoms with Gasteiger partial charge < -0.3 is 15.6 Å². The van der Waals surface area contributed by atoms with Crippen molar-refractivity contribution in [2.24, 2.45) is 5.73 Å². The van der Waals surface area contributed by atoms with E-state index < -0.39 is 41.8 Å². The minimum absolute atomic E-state index is 0.0478. The van der Waals surface area contributed by atoms with Crippen molar-refractivity contribution >= 4 is 22.8 Å². The van der Waals surface area contributed by atoms with Gasteiger partial charge >= 0.3 is 5.69 Å². The molecule has 31 heavy (non-hydrogen) atoms. The number of methoxy groups -OCH3 is 1. The second-order valence-electron chi connectivity index (χ2n) is 8.18. The summed E-state index contributed by atoms with van der Waals surface area (Å²) >= 11 is 1.11. The van der Waals surface area contributed by atoms with Crippen LogP contribution in [-0.4, -0.2) is 33.9 Å². The standard InChI is InChI=1S/C20H20F3N3O4S/c1-30-16-11(10-6-8-9(31-10)4-5-20(22,23)17(8)27)13(21)14(24)12-15(16)26(7-2-3-7)19(29)25-18(12)28/h6-7,11,13,17,27H,2-5,24H2,1H3,(H,25,28,29). The first-order valence-corrected chi connectivity index (χ1v) is 10.7. The molecule has 3 aliphatic rings. The summed E-state index contributed by atoms with van der Waals surface area (Å²) in [5, 5.41) is 10.1. The number of alkyl halides is 3. The molecule has 3 atom stereocenters. The molecule has 11 heteroatoms. The van der Waals surface area contributed by atoms with E-state index in [4.69, 9.17) is 10.5 Å². The number of nitrogens with two attached hydrogens (primary N) is 1. The Kier molecular flexibility index (Phi) is 4.43. The number of hydrogen-bond acceptors (Lipinski definition) is 6. The summed E-state index contributed by atoms with van der Waals surface area (Å²) in [6.45, 7) is 0. The van der Waals surface area contributed by atoms with Gasteiger partial charge in [0.05, 0.1) is 29.3 Å². The number of halogens is 3. The molecule has 5 rings (SSSR count). The number of rotatable bonds is 3. The quantitative estimate of drug-likeness (QED) is 0.625. The molecule has 2 aromatic heterocycles. The molecule has 1 saturated carbocycles. The third kappa shape index (κ3) is 2.89. The smallest absolute Gasteiger partial charge is 0.329 e. The molecule has 3 aliphatic carbocycles. The van der Waals surface area contributed by atoms with Crippen LogP contribution in [0.1, 0.15) is 52.6 Å². The first kappa shape index (κ1) is 20.4. The van der Waals surface area contributed by atoms with Gasteiger partial charge in [0.25, 0.3) is 11.5 Å². The molecule has 0 saturated heterocycles. The Morgan fingerprint density at radius 2 is 2.06 bits per heavy atom. The van der Waals surface area contributed by atoms with E-state index in [1.54, 1.807) is 0 Å². The molecule has 4 N–H and O–H groups in total. The number of thiophene rings is 1. The van der Waals surface area contributed by atoms with E-state index in [2.05, 4.69) is 4.98 Å². The van der Waals surface area contributed by atoms with Crippen LogP contribution in [0, 0.1) is 0 Å². The van der Waals surface area contributed by atoms with Crippen LogP contribution >= 0.6 is 11.3 Å². The number of nitrogens with one attached hydrogen (secondary N) is 1. The van der Waals surface area contributed by atoms with E-state index in [9.17, 15) is 23.5 Å². The number of fused-ring (bicyclic) bond motifs is 2. The number of aryl methyl sites for hydroxylation is 1. The number of aliphatic hydroxyl groups excluding tert-OH is 1. The van der Waals surface area contributed by atoms with Gasteiger partial charge in [0.1, 0.15) is 11.9 Å². The molecule has 2 aromatic rings. The van der Waals surface area contributed by atoms with E-state index in [-0.39, 0.29) is 40.1 Å². The second kappa shape index (κ2) is 6.73. The molecular weight excluding hydrogens is 435 g/mol. The minimum Gasteiger partial charge on any atom is -0.498 e. The lowest BCUT2D eigenvalue weighted by Gasteiger charge is -2.27. The monoisotopic (exact) mass is 455 g/mol. The Bertz CT molecular complexity index is 1320. The number of aromatic nitrogens is 2. The van der Waals surface area contributed by atoms with Crippen molar-refractivity contribution in [2.75, 3.05) is 7.11 Å². The first-order chi connectivity index (χ1) is 14.7. The minimum atomic E-state index is -3.27. The van der Waals surface area contributed by atoms with Crippen LogP contribution in [0.2, 0.25) is 0 Å². The van der Waals surface area contributed by atoms with Gasteiger partial charge in [-0.05, 0) is 25.3 Å². The zero-order valence-electron chi connectivity index (χ0n) is 16.5. The molecule has 0 bridgehead atoms. The topological polar surface area (TPSA) is 110 Å². The molecule has 0 amide bonds. The largest absolute Gasteiger partial charge is 0.498 e. The highest BCUT2D eigenvalue weighted by molar-refractivity contribution is 7.12. The van der Waals surface area contributed by atoms with Crippen molar-refractivity contribution in [3.8, 4) is 0 Å². The third-order valence-corrected chi connectivity index (χ3v) is 7.51. The number of aliphatic hydroxyl groups is 1. The number of hydrogen-bond donors (Lipinski definition) is 3. The summed E-state index contributed by atoms with van der Waals surface area (Å²) < 4.78 is 50.5. The molecule has 166 valence electrons. The number of H-pyrrole nitrogens is 1. The summed E-state index contributed by atoms with van der Waals surface area (Å²) in [5.41, 5.74) is 4.33. The van der Waals surface area contributed by atoms with E-state index in [0.717, 1.165) is 11.3 Å². The molecule has 3 unspecified atom stereocenters. The zero-order chi connectivity index (χ0) is 22.2. The summed E-state index contributed by atoms with van der Waals surface area (Å²) in [6, 6.07) is 1.20. The maximum atomic E-state index is 15.6. The van der Waals surface area contributed by atoms with Crippen LogP contribution in [0.5, 0.6) is 0 Å². The van der Waals surface area contributed by atoms with Crippen LogP contribution in [-0.2, 0) is 11.2 Å². The average Bonchev–Trinajstić information content (AvgIpc) is 3.45.